The summed E-state index contributed by atoms with van der Waals surface area (Å²) in [6.45, 7) is 13.0. The van der Waals surface area contributed by atoms with Crippen molar-refractivity contribution in [3.8, 4) is 6.07 Å². The minimum atomic E-state index is -0.673. The molecule has 7 nitrogen and oxygen atoms in total. The highest BCUT2D eigenvalue weighted by Crippen LogP contribution is 2.36. The molecule has 1 saturated heterocycles. The summed E-state index contributed by atoms with van der Waals surface area (Å²) >= 11 is 0. The number of nitrogens with zero attached hydrogens (tertiary/aromatic N) is 2. The topological polar surface area (TPSA) is 93.5 Å². The Morgan fingerprint density at radius 2 is 1.80 bits per heavy atom. The van der Waals surface area contributed by atoms with Crippen molar-refractivity contribution < 1.29 is 18.8 Å². The second-order valence-electron chi connectivity index (χ2n) is 7.96. The van der Waals surface area contributed by atoms with Gasteiger partial charge in [-0.2, -0.15) is 5.26 Å². The van der Waals surface area contributed by atoms with Gasteiger partial charge in [-0.05, 0) is 60.6 Å². The van der Waals surface area contributed by atoms with Crippen LogP contribution in [0.1, 0.15) is 54.2 Å². The van der Waals surface area contributed by atoms with Gasteiger partial charge in [-0.15, -0.1) is 0 Å². The number of anilines is 1. The molecule has 1 N–H and O–H groups in total. The molecule has 1 aromatic rings. The lowest BCUT2D eigenvalue weighted by Crippen LogP contribution is -2.41. The molecule has 0 atom stereocenters. The monoisotopic (exact) mass is 345 g/mol. The van der Waals surface area contributed by atoms with Crippen LogP contribution >= 0.6 is 0 Å². The van der Waals surface area contributed by atoms with E-state index in [2.05, 4.69) is 10.3 Å². The molecule has 0 aromatic carbocycles. The second-order valence-corrected chi connectivity index (χ2v) is 7.96. The van der Waals surface area contributed by atoms with E-state index in [4.69, 9.17) is 14.0 Å². The summed E-state index contributed by atoms with van der Waals surface area (Å²) in [7, 11) is -0.673. The van der Waals surface area contributed by atoms with Crippen molar-refractivity contribution in [1.29, 1.82) is 5.26 Å². The average Bonchev–Trinajstić information content (AvgIpc) is 2.65. The molecule has 0 spiro atoms. The molecule has 1 aliphatic rings. The maximum atomic E-state index is 11.9. The SMILES string of the molecule is CC(C)(C)OC(=O)Nc1ccc(B2OC(C)(C)C(C)(C)O2)nc1C#N. The predicted molar refractivity (Wildman–Crippen MR) is 94.5 cm³/mol. The Bertz CT molecular complexity index is 704. The van der Waals surface area contributed by atoms with Crippen LogP contribution in [0.5, 0.6) is 0 Å². The van der Waals surface area contributed by atoms with Crippen molar-refractivity contribution in [3.05, 3.63) is 17.8 Å². The fraction of sp³-hybridized carbons (Fsp3) is 0.588. The molecule has 1 fully saturated rings. The Morgan fingerprint density at radius 3 is 2.28 bits per heavy atom. The van der Waals surface area contributed by atoms with Crippen LogP contribution in [-0.2, 0) is 14.0 Å². The Balaban J connectivity index is 2.21. The first kappa shape index (κ1) is 19.2. The number of nitrogens with one attached hydrogen (secondary N) is 1. The van der Waals surface area contributed by atoms with Gasteiger partial charge in [0.05, 0.1) is 22.5 Å². The van der Waals surface area contributed by atoms with Crippen LogP contribution in [-0.4, -0.2) is 35.0 Å². The first-order valence-electron chi connectivity index (χ1n) is 8.11. The molecule has 0 saturated carbocycles. The highest BCUT2D eigenvalue weighted by atomic mass is 16.7. The minimum Gasteiger partial charge on any atom is -0.444 e. The standard InChI is InChI=1S/C17H24BN3O4/c1-15(2,3)23-14(22)21-11-8-9-13(20-12(11)10-19)18-24-16(4,5)17(6,7)25-18/h8-9H,1-7H3,(H,21,22). The smallest absolute Gasteiger partial charge is 0.444 e. The number of aromatic nitrogens is 1. The van der Waals surface area contributed by atoms with E-state index in [1.54, 1.807) is 32.9 Å². The van der Waals surface area contributed by atoms with Crippen molar-refractivity contribution in [2.45, 2.75) is 65.3 Å². The molecule has 8 heteroatoms. The number of hydrogen-bond donors (Lipinski definition) is 1. The number of nitriles is 1. The number of pyridine rings is 1. The third-order valence-electron chi connectivity index (χ3n) is 4.15. The minimum absolute atomic E-state index is 0.0677. The fourth-order valence-electron chi connectivity index (χ4n) is 2.17. The van der Waals surface area contributed by atoms with Gasteiger partial charge in [0.25, 0.3) is 0 Å². The lowest BCUT2D eigenvalue weighted by molar-refractivity contribution is 0.00578. The zero-order valence-electron chi connectivity index (χ0n) is 15.8. The zero-order valence-corrected chi connectivity index (χ0v) is 15.8. The molecular weight excluding hydrogens is 321 g/mol. The number of rotatable bonds is 2. The number of carbonyl (C=O) groups is 1. The highest BCUT2D eigenvalue weighted by molar-refractivity contribution is 6.61. The van der Waals surface area contributed by atoms with Gasteiger partial charge >= 0.3 is 13.2 Å². The second kappa shape index (κ2) is 6.32. The van der Waals surface area contributed by atoms with Gasteiger partial charge in [0.2, 0.25) is 0 Å². The van der Waals surface area contributed by atoms with Gasteiger partial charge in [0, 0.05) is 0 Å². The van der Waals surface area contributed by atoms with E-state index >= 15 is 0 Å². The molecule has 0 unspecified atom stereocenters. The van der Waals surface area contributed by atoms with E-state index in [-0.39, 0.29) is 11.4 Å². The molecule has 0 aliphatic carbocycles. The molecule has 1 aromatic heterocycles. The number of ether oxygens (including phenoxy) is 1. The maximum absolute atomic E-state index is 11.9. The number of hydrogen-bond acceptors (Lipinski definition) is 6. The van der Waals surface area contributed by atoms with E-state index < -0.39 is 30.0 Å². The van der Waals surface area contributed by atoms with Gasteiger partial charge in [0.1, 0.15) is 11.7 Å². The summed E-state index contributed by atoms with van der Waals surface area (Å²) in [5.41, 5.74) is -0.813. The summed E-state index contributed by atoms with van der Waals surface area (Å²) in [4.78, 5) is 16.2. The van der Waals surface area contributed by atoms with Crippen molar-refractivity contribution in [2.24, 2.45) is 0 Å². The van der Waals surface area contributed by atoms with Crippen LogP contribution in [0, 0.1) is 11.3 Å². The van der Waals surface area contributed by atoms with Gasteiger partial charge < -0.3 is 14.0 Å². The lowest BCUT2D eigenvalue weighted by atomic mass is 9.84. The Labute approximate surface area is 148 Å². The summed E-state index contributed by atoms with van der Waals surface area (Å²) in [6.07, 6.45) is -0.644. The molecule has 134 valence electrons. The van der Waals surface area contributed by atoms with E-state index in [1.165, 1.54) is 0 Å². The predicted octanol–water partition coefficient (Wildman–Crippen LogP) is 2.60. The molecule has 0 radical (unpaired) electrons. The molecule has 1 amide bonds. The van der Waals surface area contributed by atoms with Crippen molar-refractivity contribution in [2.75, 3.05) is 5.32 Å². The largest absolute Gasteiger partial charge is 0.514 e. The van der Waals surface area contributed by atoms with Crippen LogP contribution in [0.3, 0.4) is 0 Å². The Kier molecular flexibility index (Phi) is 4.86. The highest BCUT2D eigenvalue weighted by Gasteiger charge is 2.52. The van der Waals surface area contributed by atoms with E-state index in [0.717, 1.165) is 0 Å². The molecule has 2 heterocycles. The first-order valence-corrected chi connectivity index (χ1v) is 8.11. The molecule has 1 aliphatic heterocycles. The van der Waals surface area contributed by atoms with Gasteiger partial charge in [-0.25, -0.2) is 9.78 Å². The Hall–Kier alpha value is -2.11. The van der Waals surface area contributed by atoms with Crippen LogP contribution in [0.25, 0.3) is 0 Å². The summed E-state index contributed by atoms with van der Waals surface area (Å²) in [5.74, 6) is 0. The number of amides is 1. The summed E-state index contributed by atoms with van der Waals surface area (Å²) < 4.78 is 17.0. The van der Waals surface area contributed by atoms with Crippen LogP contribution < -0.4 is 10.9 Å². The van der Waals surface area contributed by atoms with Crippen molar-refractivity contribution in [1.82, 2.24) is 4.98 Å². The van der Waals surface area contributed by atoms with Crippen LogP contribution in [0.4, 0.5) is 10.5 Å². The first-order chi connectivity index (χ1) is 11.3. The fourth-order valence-corrected chi connectivity index (χ4v) is 2.17. The quantitative estimate of drug-likeness (QED) is 0.828. The average molecular weight is 345 g/mol. The van der Waals surface area contributed by atoms with Gasteiger partial charge in [-0.1, -0.05) is 0 Å². The van der Waals surface area contributed by atoms with Crippen molar-refractivity contribution in [3.63, 3.8) is 0 Å². The van der Waals surface area contributed by atoms with Crippen LogP contribution in [0.15, 0.2) is 12.1 Å². The molecular formula is C17H24BN3O4. The van der Waals surface area contributed by atoms with E-state index in [9.17, 15) is 10.1 Å². The Morgan fingerprint density at radius 1 is 1.24 bits per heavy atom. The van der Waals surface area contributed by atoms with Crippen LogP contribution in [0.2, 0.25) is 0 Å². The normalized spacial score (nSPS) is 18.6. The molecule has 0 bridgehead atoms. The lowest BCUT2D eigenvalue weighted by Gasteiger charge is -2.32. The third kappa shape index (κ3) is 4.30. The zero-order chi connectivity index (χ0) is 19.0. The van der Waals surface area contributed by atoms with Gasteiger partial charge in [0.15, 0.2) is 5.69 Å². The van der Waals surface area contributed by atoms with E-state index in [0.29, 0.717) is 5.59 Å². The summed E-state index contributed by atoms with van der Waals surface area (Å²) in [5, 5.41) is 11.9. The van der Waals surface area contributed by atoms with Gasteiger partial charge in [-0.3, -0.25) is 5.32 Å². The molecule has 25 heavy (non-hydrogen) atoms. The molecule has 2 rings (SSSR count). The van der Waals surface area contributed by atoms with Crippen molar-refractivity contribution >= 4 is 24.5 Å². The third-order valence-corrected chi connectivity index (χ3v) is 4.15. The van der Waals surface area contributed by atoms with E-state index in [1.807, 2.05) is 33.8 Å². The number of carbonyl (C=O) groups excluding carboxylic acids is 1. The summed E-state index contributed by atoms with van der Waals surface area (Å²) in [6, 6.07) is 5.23. The maximum Gasteiger partial charge on any atom is 0.514 e.